The van der Waals surface area contributed by atoms with E-state index in [0.717, 1.165) is 0 Å². The fourth-order valence-corrected chi connectivity index (χ4v) is 4.18. The molecular weight excluding hydrogens is 474 g/mol. The normalized spacial score (nSPS) is 15.4. The number of carbonyl (C=O) groups is 3. The molecule has 0 bridgehead atoms. The van der Waals surface area contributed by atoms with Gasteiger partial charge in [-0.05, 0) is 44.3 Å². The number of rotatable bonds is 7. The van der Waals surface area contributed by atoms with E-state index in [1.165, 1.54) is 19.1 Å². The van der Waals surface area contributed by atoms with Crippen LogP contribution in [0.3, 0.4) is 0 Å². The number of amides is 1. The predicted molar refractivity (Wildman–Crippen MR) is 138 cm³/mol. The first-order chi connectivity index (χ1) is 17.6. The van der Waals surface area contributed by atoms with Crippen LogP contribution in [0.5, 0.6) is 0 Å². The first-order valence-electron chi connectivity index (χ1n) is 11.3. The topological polar surface area (TPSA) is 138 Å². The Morgan fingerprint density at radius 1 is 1.08 bits per heavy atom. The van der Waals surface area contributed by atoms with Gasteiger partial charge in [-0.25, -0.2) is 9.59 Å². The van der Waals surface area contributed by atoms with E-state index in [2.05, 4.69) is 11.4 Å². The maximum absolute atomic E-state index is 13.2. The average molecular weight is 504 g/mol. The van der Waals surface area contributed by atoms with Gasteiger partial charge < -0.3 is 25.4 Å². The van der Waals surface area contributed by atoms with Crippen molar-refractivity contribution >= 4 is 29.2 Å². The van der Waals surface area contributed by atoms with Crippen LogP contribution in [0.15, 0.2) is 71.2 Å². The minimum atomic E-state index is -0.965. The van der Waals surface area contributed by atoms with Crippen molar-refractivity contribution in [2.75, 3.05) is 45.1 Å². The van der Waals surface area contributed by atoms with Gasteiger partial charge in [0.2, 0.25) is 5.91 Å². The third-order valence-corrected chi connectivity index (χ3v) is 5.80. The number of anilines is 2. The van der Waals surface area contributed by atoms with Crippen LogP contribution in [-0.2, 0) is 23.9 Å². The molecule has 3 N–H and O–H groups in total. The summed E-state index contributed by atoms with van der Waals surface area (Å²) in [7, 11) is 5.92. The molecule has 0 spiro atoms. The molecule has 1 aliphatic heterocycles. The Morgan fingerprint density at radius 3 is 2.30 bits per heavy atom. The number of ether oxygens (including phenoxy) is 2. The molecule has 1 amide bonds. The molecule has 10 nitrogen and oxygen atoms in total. The summed E-state index contributed by atoms with van der Waals surface area (Å²) in [6.45, 7) is 1.93. The zero-order chi connectivity index (χ0) is 27.3. The Morgan fingerprint density at radius 2 is 1.73 bits per heavy atom. The zero-order valence-electron chi connectivity index (χ0n) is 21.4. The summed E-state index contributed by atoms with van der Waals surface area (Å²) in [6, 6.07) is 15.9. The molecule has 1 heterocycles. The largest absolute Gasteiger partial charge is 0.466 e. The van der Waals surface area contributed by atoms with Crippen molar-refractivity contribution in [3.8, 4) is 6.07 Å². The first-order valence-corrected chi connectivity index (χ1v) is 11.3. The second-order valence-corrected chi connectivity index (χ2v) is 8.62. The van der Waals surface area contributed by atoms with Crippen LogP contribution in [0.25, 0.3) is 0 Å². The van der Waals surface area contributed by atoms with Gasteiger partial charge in [0.25, 0.3) is 0 Å². The van der Waals surface area contributed by atoms with Crippen LogP contribution in [0, 0.1) is 18.3 Å². The molecule has 2 aromatic carbocycles. The molecule has 2 aromatic rings. The molecule has 1 atom stereocenters. The quantitative estimate of drug-likeness (QED) is 0.545. The van der Waals surface area contributed by atoms with E-state index < -0.39 is 17.9 Å². The summed E-state index contributed by atoms with van der Waals surface area (Å²) >= 11 is 0. The van der Waals surface area contributed by atoms with Gasteiger partial charge in [-0.3, -0.25) is 9.69 Å². The van der Waals surface area contributed by atoms with Crippen LogP contribution in [0.1, 0.15) is 17.0 Å². The Kier molecular flexibility index (Phi) is 8.32. The maximum Gasteiger partial charge on any atom is 0.355 e. The minimum Gasteiger partial charge on any atom is -0.466 e. The van der Waals surface area contributed by atoms with E-state index in [1.807, 2.05) is 0 Å². The average Bonchev–Trinajstić information content (AvgIpc) is 2.88. The first kappa shape index (κ1) is 27.0. The number of likely N-dealkylation sites (N-methyl/N-ethyl adjacent to an activating group) is 1. The second-order valence-electron chi connectivity index (χ2n) is 8.62. The van der Waals surface area contributed by atoms with E-state index in [1.54, 1.807) is 74.4 Å². The lowest BCUT2D eigenvalue weighted by Crippen LogP contribution is -2.41. The number of aryl methyl sites for hydroxylation is 1. The number of allylic oxidation sites excluding steroid dienone is 1. The number of nitrogens with zero attached hydrogens (tertiary/aromatic N) is 3. The van der Waals surface area contributed by atoms with Crippen molar-refractivity contribution in [2.24, 2.45) is 5.73 Å². The van der Waals surface area contributed by atoms with Gasteiger partial charge >= 0.3 is 11.9 Å². The van der Waals surface area contributed by atoms with Gasteiger partial charge in [-0.1, -0.05) is 36.4 Å². The fourth-order valence-electron chi connectivity index (χ4n) is 4.18. The van der Waals surface area contributed by atoms with Gasteiger partial charge in [0.1, 0.15) is 11.5 Å². The third-order valence-electron chi connectivity index (χ3n) is 5.80. The molecule has 0 radical (unpaired) electrons. The molecule has 192 valence electrons. The van der Waals surface area contributed by atoms with Gasteiger partial charge in [0.15, 0.2) is 0 Å². The number of hydrogen-bond donors (Lipinski definition) is 2. The van der Waals surface area contributed by atoms with E-state index in [0.29, 0.717) is 22.5 Å². The predicted octanol–water partition coefficient (Wildman–Crippen LogP) is 2.39. The molecule has 0 fully saturated rings. The van der Waals surface area contributed by atoms with Crippen molar-refractivity contribution in [3.63, 3.8) is 0 Å². The number of benzene rings is 2. The van der Waals surface area contributed by atoms with Crippen LogP contribution in [0.2, 0.25) is 0 Å². The van der Waals surface area contributed by atoms with Crippen molar-refractivity contribution in [1.29, 1.82) is 5.26 Å². The van der Waals surface area contributed by atoms with Crippen molar-refractivity contribution in [1.82, 2.24) is 4.90 Å². The lowest BCUT2D eigenvalue weighted by molar-refractivity contribution is -0.139. The maximum atomic E-state index is 13.2. The number of esters is 2. The van der Waals surface area contributed by atoms with Crippen LogP contribution >= 0.6 is 0 Å². The van der Waals surface area contributed by atoms with Gasteiger partial charge in [0, 0.05) is 5.69 Å². The summed E-state index contributed by atoms with van der Waals surface area (Å²) in [5.74, 6) is -2.92. The summed E-state index contributed by atoms with van der Waals surface area (Å²) < 4.78 is 10.1. The Bertz CT molecular complexity index is 1320. The Hall–Kier alpha value is -4.62. The fraction of sp³-hybridized carbons (Fsp3) is 0.259. The van der Waals surface area contributed by atoms with Crippen molar-refractivity contribution in [2.45, 2.75) is 12.8 Å². The molecule has 1 unspecified atom stereocenters. The zero-order valence-corrected chi connectivity index (χ0v) is 21.4. The molecule has 0 aliphatic carbocycles. The molecule has 3 rings (SSSR count). The van der Waals surface area contributed by atoms with Gasteiger partial charge in [0.05, 0.1) is 49.6 Å². The highest BCUT2D eigenvalue weighted by Crippen LogP contribution is 2.44. The van der Waals surface area contributed by atoms with E-state index in [-0.39, 0.29) is 35.1 Å². The molecule has 0 saturated heterocycles. The highest BCUT2D eigenvalue weighted by molar-refractivity contribution is 6.06. The van der Waals surface area contributed by atoms with Crippen LogP contribution in [0.4, 0.5) is 11.4 Å². The molecule has 1 aliphatic rings. The number of nitrogens with two attached hydrogens (primary N) is 1. The highest BCUT2D eigenvalue weighted by atomic mass is 16.5. The number of hydrogen-bond acceptors (Lipinski definition) is 9. The lowest BCUT2D eigenvalue weighted by atomic mass is 9.80. The van der Waals surface area contributed by atoms with E-state index >= 15 is 0 Å². The monoisotopic (exact) mass is 503 g/mol. The Labute approximate surface area is 215 Å². The summed E-state index contributed by atoms with van der Waals surface area (Å²) in [6.07, 6.45) is 0. The van der Waals surface area contributed by atoms with Crippen LogP contribution < -0.4 is 16.0 Å². The third kappa shape index (κ3) is 5.47. The van der Waals surface area contributed by atoms with Gasteiger partial charge in [-0.2, -0.15) is 5.26 Å². The number of carbonyl (C=O) groups excluding carboxylic acids is 3. The summed E-state index contributed by atoms with van der Waals surface area (Å²) in [5.41, 5.74) is 8.40. The van der Waals surface area contributed by atoms with Gasteiger partial charge in [-0.15, -0.1) is 0 Å². The molecule has 0 aromatic heterocycles. The summed E-state index contributed by atoms with van der Waals surface area (Å²) in [4.78, 5) is 41.8. The number of methoxy groups -OCH3 is 2. The van der Waals surface area contributed by atoms with E-state index in [4.69, 9.17) is 15.2 Å². The SMILES string of the molecule is COC(=O)C1=C(C(=O)OC)N(c2cc(NC(=O)CN(C)C)ccc2C)C(N)=C(C#N)C1c1ccccc1. The Balaban J connectivity index is 2.32. The highest BCUT2D eigenvalue weighted by Gasteiger charge is 2.43. The summed E-state index contributed by atoms with van der Waals surface area (Å²) in [5, 5.41) is 13.0. The standard InChI is InChI=1S/C27H29N5O5/c1-16-11-12-18(30-21(33)15-31(2)3)13-20(16)32-24(27(35)37-5)23(26(34)36-4)22(19(14-28)25(32)29)17-9-7-6-8-10-17/h6-13,22H,15,29H2,1-5H3,(H,30,33). The van der Waals surface area contributed by atoms with Crippen molar-refractivity contribution < 1.29 is 23.9 Å². The molecule has 37 heavy (non-hydrogen) atoms. The van der Waals surface area contributed by atoms with E-state index in [9.17, 15) is 19.6 Å². The minimum absolute atomic E-state index is 0.0516. The molecular formula is C27H29N5O5. The van der Waals surface area contributed by atoms with Crippen molar-refractivity contribution in [3.05, 3.63) is 82.3 Å². The lowest BCUT2D eigenvalue weighted by Gasteiger charge is -2.36. The smallest absolute Gasteiger partial charge is 0.355 e. The second kappa shape index (κ2) is 11.4. The molecule has 10 heteroatoms. The number of nitriles is 1. The van der Waals surface area contributed by atoms with Crippen LogP contribution in [-0.4, -0.2) is 57.6 Å². The number of nitrogens with one attached hydrogen (secondary N) is 1. The molecule has 0 saturated carbocycles.